The van der Waals surface area contributed by atoms with Crippen LogP contribution in [0.5, 0.6) is 0 Å². The Kier molecular flexibility index (Phi) is 26.0. The third-order valence-corrected chi connectivity index (χ3v) is 2.38. The molecule has 0 aromatic heterocycles. The van der Waals surface area contributed by atoms with Gasteiger partial charge in [-0.05, 0) is 6.42 Å². The summed E-state index contributed by atoms with van der Waals surface area (Å²) in [6.07, 6.45) is 1.02. The molecule has 24 heavy (non-hydrogen) atoms. The number of hydrogen-bond donors (Lipinski definition) is 2. The van der Waals surface area contributed by atoms with Gasteiger partial charge < -0.3 is 24.3 Å². The van der Waals surface area contributed by atoms with Crippen LogP contribution >= 0.6 is 0 Å². The van der Waals surface area contributed by atoms with Crippen molar-refractivity contribution in [1.29, 1.82) is 0 Å². The predicted octanol–water partition coefficient (Wildman–Crippen LogP) is 0.756. The summed E-state index contributed by atoms with van der Waals surface area (Å²) >= 11 is 0. The molecule has 0 unspecified atom stereocenters. The summed E-state index contributed by atoms with van der Waals surface area (Å²) in [5.74, 6) is -0.186. The Bertz CT molecular complexity index is 245. The Morgan fingerprint density at radius 1 is 0.792 bits per heavy atom. The minimum absolute atomic E-state index is 0.0108. The van der Waals surface area contributed by atoms with Gasteiger partial charge in [-0.1, -0.05) is 20.8 Å². The van der Waals surface area contributed by atoms with Crippen molar-refractivity contribution in [3.8, 4) is 0 Å². The van der Waals surface area contributed by atoms with Gasteiger partial charge in [-0.25, -0.2) is 5.48 Å². The fourth-order valence-electron chi connectivity index (χ4n) is 1.36. The first-order valence-corrected chi connectivity index (χ1v) is 8.67. The second kappa shape index (κ2) is 24.5. The zero-order valence-corrected chi connectivity index (χ0v) is 15.7. The van der Waals surface area contributed by atoms with E-state index in [9.17, 15) is 4.79 Å². The van der Waals surface area contributed by atoms with Crippen molar-refractivity contribution in [2.45, 2.75) is 27.2 Å². The SMILES string of the molecule is CC.CCCOCCOCCOCCOCCNC(=O)CONC. The lowest BCUT2D eigenvalue weighted by atomic mass is 10.5. The predicted molar refractivity (Wildman–Crippen MR) is 92.9 cm³/mol. The lowest BCUT2D eigenvalue weighted by Crippen LogP contribution is -2.32. The fourth-order valence-corrected chi connectivity index (χ4v) is 1.36. The van der Waals surface area contributed by atoms with Crippen LogP contribution < -0.4 is 10.8 Å². The van der Waals surface area contributed by atoms with E-state index in [1.165, 1.54) is 0 Å². The molecule has 1 amide bonds. The minimum atomic E-state index is -0.186. The first-order chi connectivity index (χ1) is 11.8. The van der Waals surface area contributed by atoms with Crippen LogP contribution in [0.1, 0.15) is 27.2 Å². The maximum Gasteiger partial charge on any atom is 0.248 e. The number of nitrogens with one attached hydrogen (secondary N) is 2. The first kappa shape index (κ1) is 25.5. The number of rotatable bonds is 17. The second-order valence-corrected chi connectivity index (χ2v) is 4.29. The molecule has 0 aromatic rings. The molecule has 0 heterocycles. The highest BCUT2D eigenvalue weighted by Gasteiger charge is 1.99. The Labute approximate surface area is 146 Å². The van der Waals surface area contributed by atoms with Crippen molar-refractivity contribution in [3.05, 3.63) is 0 Å². The van der Waals surface area contributed by atoms with E-state index in [4.69, 9.17) is 23.8 Å². The molecular weight excluding hydrogens is 316 g/mol. The molecule has 0 aliphatic carbocycles. The Morgan fingerprint density at radius 3 is 1.71 bits per heavy atom. The summed E-state index contributed by atoms with van der Waals surface area (Å²) in [5.41, 5.74) is 2.42. The molecule has 146 valence electrons. The van der Waals surface area contributed by atoms with Gasteiger partial charge in [0.1, 0.15) is 6.61 Å². The van der Waals surface area contributed by atoms with Crippen molar-refractivity contribution >= 4 is 5.91 Å². The normalized spacial score (nSPS) is 10.2. The summed E-state index contributed by atoms with van der Waals surface area (Å²) in [4.78, 5) is 15.9. The standard InChI is InChI=1S/C14H30N2O6.C2H6/c1-3-5-18-7-9-20-11-12-21-10-8-19-6-4-16-14(17)13-22-15-2;1-2/h15H,3-13H2,1-2H3,(H,16,17);1-2H3. The van der Waals surface area contributed by atoms with Crippen molar-refractivity contribution in [2.75, 3.05) is 73.1 Å². The van der Waals surface area contributed by atoms with Crippen LogP contribution in [0.15, 0.2) is 0 Å². The fraction of sp³-hybridized carbons (Fsp3) is 0.938. The second-order valence-electron chi connectivity index (χ2n) is 4.29. The van der Waals surface area contributed by atoms with E-state index in [0.717, 1.165) is 13.0 Å². The topological polar surface area (TPSA) is 87.3 Å². The van der Waals surface area contributed by atoms with E-state index in [2.05, 4.69) is 17.7 Å². The molecule has 0 fully saturated rings. The summed E-state index contributed by atoms with van der Waals surface area (Å²) in [7, 11) is 1.60. The van der Waals surface area contributed by atoms with E-state index in [1.807, 2.05) is 13.8 Å². The third kappa shape index (κ3) is 23.5. The average molecular weight is 352 g/mol. The van der Waals surface area contributed by atoms with Crippen LogP contribution in [-0.4, -0.2) is 79.0 Å². The molecule has 0 spiro atoms. The molecule has 0 rings (SSSR count). The largest absolute Gasteiger partial charge is 0.379 e. The number of ether oxygens (including phenoxy) is 4. The smallest absolute Gasteiger partial charge is 0.248 e. The van der Waals surface area contributed by atoms with E-state index in [0.29, 0.717) is 52.8 Å². The monoisotopic (exact) mass is 352 g/mol. The summed E-state index contributed by atoms with van der Waals surface area (Å²) in [6.45, 7) is 11.0. The van der Waals surface area contributed by atoms with E-state index < -0.39 is 0 Å². The molecule has 8 nitrogen and oxygen atoms in total. The minimum Gasteiger partial charge on any atom is -0.379 e. The van der Waals surface area contributed by atoms with Crippen molar-refractivity contribution in [3.63, 3.8) is 0 Å². The van der Waals surface area contributed by atoms with E-state index >= 15 is 0 Å². The Hall–Kier alpha value is -0.770. The van der Waals surface area contributed by atoms with Crippen molar-refractivity contribution in [1.82, 2.24) is 10.8 Å². The highest BCUT2D eigenvalue weighted by molar-refractivity contribution is 5.77. The van der Waals surface area contributed by atoms with Crippen molar-refractivity contribution < 1.29 is 28.6 Å². The number of carbonyl (C=O) groups excluding carboxylic acids is 1. The maximum atomic E-state index is 11.1. The lowest BCUT2D eigenvalue weighted by Gasteiger charge is -2.08. The van der Waals surface area contributed by atoms with Crippen LogP contribution in [0.4, 0.5) is 0 Å². The van der Waals surface area contributed by atoms with Crippen LogP contribution in [-0.2, 0) is 28.6 Å². The molecule has 0 atom stereocenters. The van der Waals surface area contributed by atoms with Gasteiger partial charge in [0.05, 0.1) is 46.2 Å². The molecular formula is C16H36N2O6. The van der Waals surface area contributed by atoms with Gasteiger partial charge in [-0.3, -0.25) is 9.63 Å². The highest BCUT2D eigenvalue weighted by Crippen LogP contribution is 1.84. The molecule has 0 aliphatic rings. The van der Waals surface area contributed by atoms with E-state index in [1.54, 1.807) is 7.05 Å². The van der Waals surface area contributed by atoms with Gasteiger partial charge >= 0.3 is 0 Å². The van der Waals surface area contributed by atoms with Crippen LogP contribution in [0.3, 0.4) is 0 Å². The average Bonchev–Trinajstić information content (AvgIpc) is 2.62. The van der Waals surface area contributed by atoms with Gasteiger partial charge in [-0.2, -0.15) is 0 Å². The molecule has 0 saturated carbocycles. The zero-order valence-electron chi connectivity index (χ0n) is 15.7. The van der Waals surface area contributed by atoms with Crippen LogP contribution in [0, 0.1) is 0 Å². The van der Waals surface area contributed by atoms with Gasteiger partial charge in [0.15, 0.2) is 0 Å². The molecule has 0 bridgehead atoms. The molecule has 0 saturated heterocycles. The molecule has 0 radical (unpaired) electrons. The van der Waals surface area contributed by atoms with Gasteiger partial charge in [-0.15, -0.1) is 0 Å². The lowest BCUT2D eigenvalue weighted by molar-refractivity contribution is -0.128. The Morgan fingerprint density at radius 2 is 1.25 bits per heavy atom. The maximum absolute atomic E-state index is 11.1. The van der Waals surface area contributed by atoms with Crippen LogP contribution in [0.2, 0.25) is 0 Å². The number of amides is 1. The molecule has 2 N–H and O–H groups in total. The zero-order chi connectivity index (χ0) is 18.3. The Balaban J connectivity index is 0. The summed E-state index contributed by atoms with van der Waals surface area (Å²) < 4.78 is 21.2. The van der Waals surface area contributed by atoms with Gasteiger partial charge in [0.2, 0.25) is 5.91 Å². The summed E-state index contributed by atoms with van der Waals surface area (Å²) in [5, 5.41) is 2.66. The number of hydroxylamine groups is 1. The van der Waals surface area contributed by atoms with Crippen molar-refractivity contribution in [2.24, 2.45) is 0 Å². The van der Waals surface area contributed by atoms with Gasteiger partial charge in [0.25, 0.3) is 0 Å². The quantitative estimate of drug-likeness (QED) is 0.295. The summed E-state index contributed by atoms with van der Waals surface area (Å²) in [6, 6.07) is 0. The molecule has 8 heteroatoms. The third-order valence-electron chi connectivity index (χ3n) is 2.38. The number of carbonyl (C=O) groups is 1. The van der Waals surface area contributed by atoms with Gasteiger partial charge in [0, 0.05) is 20.2 Å². The van der Waals surface area contributed by atoms with Crippen LogP contribution in [0.25, 0.3) is 0 Å². The molecule has 0 aliphatic heterocycles. The molecule has 0 aromatic carbocycles. The number of hydrogen-bond acceptors (Lipinski definition) is 7. The highest BCUT2D eigenvalue weighted by atomic mass is 16.6. The van der Waals surface area contributed by atoms with E-state index in [-0.39, 0.29) is 12.5 Å². The first-order valence-electron chi connectivity index (χ1n) is 8.67.